The van der Waals surface area contributed by atoms with Gasteiger partial charge < -0.3 is 5.11 Å². The summed E-state index contributed by atoms with van der Waals surface area (Å²) in [7, 11) is 0. The van der Waals surface area contributed by atoms with Crippen LogP contribution in [-0.2, 0) is 19.3 Å². The van der Waals surface area contributed by atoms with Crippen LogP contribution in [0.5, 0.6) is 0 Å². The van der Waals surface area contributed by atoms with E-state index in [-0.39, 0.29) is 12.1 Å². The lowest BCUT2D eigenvalue weighted by Crippen LogP contribution is -2.03. The quantitative estimate of drug-likeness (QED) is 0.693. The van der Waals surface area contributed by atoms with Gasteiger partial charge >= 0.3 is 0 Å². The van der Waals surface area contributed by atoms with Crippen molar-refractivity contribution in [2.24, 2.45) is 0 Å². The molecule has 1 aromatic heterocycles. The van der Waals surface area contributed by atoms with Crippen LogP contribution in [0, 0.1) is 10.1 Å². The van der Waals surface area contributed by atoms with Gasteiger partial charge in [-0.1, -0.05) is 18.2 Å². The third-order valence-corrected chi connectivity index (χ3v) is 5.03. The van der Waals surface area contributed by atoms with E-state index < -0.39 is 11.0 Å². The zero-order valence-corrected chi connectivity index (χ0v) is 11.7. The van der Waals surface area contributed by atoms with Crippen LogP contribution in [0.25, 0.3) is 0 Å². The molecule has 0 saturated carbocycles. The largest absolute Gasteiger partial charge is 0.387 e. The molecule has 1 aliphatic carbocycles. The Kier molecular flexibility index (Phi) is 3.54. The van der Waals surface area contributed by atoms with Crippen LogP contribution in [0.4, 0.5) is 5.69 Å². The molecule has 20 heavy (non-hydrogen) atoms. The number of aliphatic hydroxyl groups excluding tert-OH is 1. The van der Waals surface area contributed by atoms with E-state index in [0.29, 0.717) is 5.56 Å². The van der Waals surface area contributed by atoms with Gasteiger partial charge in [-0.25, -0.2) is 0 Å². The summed E-state index contributed by atoms with van der Waals surface area (Å²) in [5.41, 5.74) is 2.00. The van der Waals surface area contributed by atoms with E-state index in [9.17, 15) is 15.2 Å². The molecule has 5 heteroatoms. The van der Waals surface area contributed by atoms with Crippen molar-refractivity contribution in [1.29, 1.82) is 0 Å². The van der Waals surface area contributed by atoms with E-state index in [1.54, 1.807) is 29.5 Å². The molecule has 1 atom stereocenters. The van der Waals surface area contributed by atoms with Gasteiger partial charge in [0, 0.05) is 27.8 Å². The van der Waals surface area contributed by atoms with Crippen molar-refractivity contribution in [3.8, 4) is 0 Å². The summed E-state index contributed by atoms with van der Waals surface area (Å²) >= 11 is 1.64. The normalized spacial score (nSPS) is 15.1. The zero-order valence-electron chi connectivity index (χ0n) is 10.9. The summed E-state index contributed by atoms with van der Waals surface area (Å²) < 4.78 is 0. The predicted molar refractivity (Wildman–Crippen MR) is 78.1 cm³/mol. The highest BCUT2D eigenvalue weighted by Gasteiger charge is 2.21. The van der Waals surface area contributed by atoms with E-state index in [0.717, 1.165) is 17.7 Å². The molecule has 0 aliphatic heterocycles. The first-order valence-electron chi connectivity index (χ1n) is 6.67. The van der Waals surface area contributed by atoms with Crippen LogP contribution >= 0.6 is 11.3 Å². The number of hydrogen-bond donors (Lipinski definition) is 1. The smallest absolute Gasteiger partial charge is 0.272 e. The number of para-hydroxylation sites is 1. The third-order valence-electron chi connectivity index (χ3n) is 3.70. The Hall–Kier alpha value is -1.72. The van der Waals surface area contributed by atoms with Gasteiger partial charge in [-0.15, -0.1) is 11.3 Å². The Balaban J connectivity index is 1.82. The minimum Gasteiger partial charge on any atom is -0.387 e. The summed E-state index contributed by atoms with van der Waals surface area (Å²) in [5.74, 6) is 0. The lowest BCUT2D eigenvalue weighted by molar-refractivity contribution is -0.385. The van der Waals surface area contributed by atoms with Gasteiger partial charge in [-0.3, -0.25) is 10.1 Å². The molecular formula is C15H15NO3S. The van der Waals surface area contributed by atoms with Gasteiger partial charge in [-0.2, -0.15) is 0 Å². The van der Waals surface area contributed by atoms with Gasteiger partial charge in [0.2, 0.25) is 0 Å². The Morgan fingerprint density at radius 1 is 1.35 bits per heavy atom. The lowest BCUT2D eigenvalue weighted by atomic mass is 10.0. The second-order valence-corrected chi connectivity index (χ2v) is 6.22. The number of rotatable bonds is 4. The van der Waals surface area contributed by atoms with Crippen molar-refractivity contribution in [1.82, 2.24) is 0 Å². The number of nitro benzene ring substituents is 1. The fourth-order valence-corrected chi connectivity index (χ4v) is 3.93. The van der Waals surface area contributed by atoms with Crippen molar-refractivity contribution in [3.05, 3.63) is 61.3 Å². The molecule has 2 aromatic rings. The second kappa shape index (κ2) is 5.34. The molecule has 0 fully saturated rings. The first-order valence-corrected chi connectivity index (χ1v) is 7.48. The fourth-order valence-electron chi connectivity index (χ4n) is 2.69. The summed E-state index contributed by atoms with van der Waals surface area (Å²) in [4.78, 5) is 12.9. The van der Waals surface area contributed by atoms with Crippen LogP contribution in [-0.4, -0.2) is 10.0 Å². The Morgan fingerprint density at radius 2 is 2.15 bits per heavy atom. The summed E-state index contributed by atoms with van der Waals surface area (Å²) in [6.07, 6.45) is 3.01. The number of fused-ring (bicyclic) bond motifs is 1. The fraction of sp³-hybridized carbons (Fsp3) is 0.333. The van der Waals surface area contributed by atoms with Gasteiger partial charge in [0.25, 0.3) is 5.69 Å². The monoisotopic (exact) mass is 289 g/mol. The Labute approximate surface area is 120 Å². The zero-order chi connectivity index (χ0) is 14.1. The predicted octanol–water partition coefficient (Wildman–Crippen LogP) is 3.42. The van der Waals surface area contributed by atoms with E-state index in [4.69, 9.17) is 0 Å². The van der Waals surface area contributed by atoms with Crippen molar-refractivity contribution in [2.75, 3.05) is 0 Å². The maximum Gasteiger partial charge on any atom is 0.272 e. The maximum atomic E-state index is 11.0. The van der Waals surface area contributed by atoms with Gasteiger partial charge in [0.15, 0.2) is 0 Å². The number of nitrogens with zero attached hydrogens (tertiary/aromatic N) is 1. The standard InChI is InChI=1S/C15H15NO3S/c17-13(15-9-11-5-3-7-14(11)20-15)8-10-4-1-2-6-12(10)16(18)19/h1-2,4,6,9,13,17H,3,5,7-8H2. The number of aliphatic hydroxyl groups is 1. The number of thiophene rings is 1. The molecule has 1 unspecified atom stereocenters. The van der Waals surface area contributed by atoms with Crippen LogP contribution in [0.15, 0.2) is 30.3 Å². The molecule has 1 aliphatic rings. The van der Waals surface area contributed by atoms with E-state index in [1.807, 2.05) is 0 Å². The molecule has 1 N–H and O–H groups in total. The molecule has 104 valence electrons. The average Bonchev–Trinajstić information content (AvgIpc) is 2.99. The number of aryl methyl sites for hydroxylation is 2. The lowest BCUT2D eigenvalue weighted by Gasteiger charge is -2.09. The summed E-state index contributed by atoms with van der Waals surface area (Å²) in [6, 6.07) is 8.67. The Morgan fingerprint density at radius 3 is 2.90 bits per heavy atom. The highest BCUT2D eigenvalue weighted by molar-refractivity contribution is 7.12. The molecule has 0 spiro atoms. The molecule has 4 nitrogen and oxygen atoms in total. The molecule has 1 heterocycles. The first-order chi connectivity index (χ1) is 9.65. The molecular weight excluding hydrogens is 274 g/mol. The number of nitro groups is 1. The van der Waals surface area contributed by atoms with Crippen LogP contribution in [0.2, 0.25) is 0 Å². The number of hydrogen-bond acceptors (Lipinski definition) is 4. The van der Waals surface area contributed by atoms with E-state index in [1.165, 1.54) is 22.9 Å². The minimum atomic E-state index is -0.660. The SMILES string of the molecule is O=[N+]([O-])c1ccccc1CC(O)c1cc2c(s1)CCC2. The van der Waals surface area contributed by atoms with E-state index >= 15 is 0 Å². The maximum absolute atomic E-state index is 11.0. The van der Waals surface area contributed by atoms with Crippen LogP contribution in [0.1, 0.15) is 33.4 Å². The van der Waals surface area contributed by atoms with Crippen LogP contribution < -0.4 is 0 Å². The topological polar surface area (TPSA) is 63.4 Å². The highest BCUT2D eigenvalue weighted by Crippen LogP contribution is 2.35. The van der Waals surface area contributed by atoms with Crippen molar-refractivity contribution < 1.29 is 10.0 Å². The van der Waals surface area contributed by atoms with Gasteiger partial charge in [-0.05, 0) is 30.9 Å². The summed E-state index contributed by atoms with van der Waals surface area (Å²) in [5, 5.41) is 21.3. The second-order valence-electron chi connectivity index (χ2n) is 5.06. The van der Waals surface area contributed by atoms with Crippen molar-refractivity contribution >= 4 is 17.0 Å². The van der Waals surface area contributed by atoms with Crippen LogP contribution in [0.3, 0.4) is 0 Å². The number of benzene rings is 1. The highest BCUT2D eigenvalue weighted by atomic mass is 32.1. The van der Waals surface area contributed by atoms with Crippen molar-refractivity contribution in [3.63, 3.8) is 0 Å². The van der Waals surface area contributed by atoms with Crippen molar-refractivity contribution in [2.45, 2.75) is 31.8 Å². The molecule has 1 aromatic carbocycles. The third kappa shape index (κ3) is 2.46. The molecule has 0 saturated heterocycles. The first kappa shape index (κ1) is 13.3. The van der Waals surface area contributed by atoms with Gasteiger partial charge in [0.1, 0.15) is 0 Å². The van der Waals surface area contributed by atoms with Gasteiger partial charge in [0.05, 0.1) is 11.0 Å². The molecule has 0 amide bonds. The molecule has 3 rings (SSSR count). The Bertz CT molecular complexity index is 629. The minimum absolute atomic E-state index is 0.0793. The summed E-state index contributed by atoms with van der Waals surface area (Å²) in [6.45, 7) is 0. The average molecular weight is 289 g/mol. The molecule has 0 radical (unpaired) electrons. The van der Waals surface area contributed by atoms with E-state index in [2.05, 4.69) is 6.07 Å². The molecule has 0 bridgehead atoms.